The van der Waals surface area contributed by atoms with Crippen LogP contribution in [0.15, 0.2) is 4.52 Å². The normalized spacial score (nSPS) is 21.8. The van der Waals surface area contributed by atoms with Gasteiger partial charge in [0.25, 0.3) is 0 Å². The van der Waals surface area contributed by atoms with Gasteiger partial charge < -0.3 is 19.9 Å². The van der Waals surface area contributed by atoms with E-state index < -0.39 is 0 Å². The molecule has 0 saturated carbocycles. The van der Waals surface area contributed by atoms with Crippen molar-refractivity contribution in [2.75, 3.05) is 33.3 Å². The van der Waals surface area contributed by atoms with E-state index in [1.54, 1.807) is 0 Å². The first-order valence-electron chi connectivity index (χ1n) is 6.99. The van der Waals surface area contributed by atoms with Gasteiger partial charge in [0.2, 0.25) is 11.7 Å². The molecule has 2 rings (SSSR count). The molecule has 0 radical (unpaired) electrons. The summed E-state index contributed by atoms with van der Waals surface area (Å²) in [5.74, 6) is 1.29. The van der Waals surface area contributed by atoms with Crippen LogP contribution in [0.5, 0.6) is 0 Å². The summed E-state index contributed by atoms with van der Waals surface area (Å²) in [5, 5.41) is 4.09. The van der Waals surface area contributed by atoms with Crippen LogP contribution in [-0.2, 0) is 10.2 Å². The minimum atomic E-state index is -0.203. The maximum atomic E-state index is 5.90. The molecule has 0 amide bonds. The highest BCUT2D eigenvalue weighted by atomic mass is 16.5. The van der Waals surface area contributed by atoms with E-state index in [1.165, 1.54) is 0 Å². The number of ether oxygens (including phenoxy) is 1. The van der Waals surface area contributed by atoms with Crippen LogP contribution in [0.1, 0.15) is 44.5 Å². The zero-order chi connectivity index (χ0) is 13.9. The molecule has 108 valence electrons. The van der Waals surface area contributed by atoms with Gasteiger partial charge in [0, 0.05) is 19.6 Å². The number of morpholine rings is 1. The van der Waals surface area contributed by atoms with E-state index >= 15 is 0 Å². The van der Waals surface area contributed by atoms with E-state index in [4.69, 9.17) is 15.0 Å². The van der Waals surface area contributed by atoms with Gasteiger partial charge in [-0.2, -0.15) is 4.98 Å². The number of hydrogen-bond donors (Lipinski definition) is 1. The second kappa shape index (κ2) is 5.98. The molecule has 0 spiro atoms. The maximum Gasteiger partial charge on any atom is 0.234 e. The average Bonchev–Trinajstić information content (AvgIpc) is 2.92. The Morgan fingerprint density at radius 2 is 2.16 bits per heavy atom. The predicted molar refractivity (Wildman–Crippen MR) is 71.8 cm³/mol. The molecule has 1 unspecified atom stereocenters. The molecule has 0 bridgehead atoms. The van der Waals surface area contributed by atoms with Crippen LogP contribution < -0.4 is 5.73 Å². The smallest absolute Gasteiger partial charge is 0.234 e. The lowest BCUT2D eigenvalue weighted by molar-refractivity contribution is -0.0264. The number of hydrogen-bond acceptors (Lipinski definition) is 6. The van der Waals surface area contributed by atoms with Gasteiger partial charge >= 0.3 is 0 Å². The zero-order valence-corrected chi connectivity index (χ0v) is 12.1. The Labute approximate surface area is 114 Å². The van der Waals surface area contributed by atoms with Gasteiger partial charge in [0.1, 0.15) is 6.10 Å². The van der Waals surface area contributed by atoms with Crippen molar-refractivity contribution in [3.63, 3.8) is 0 Å². The molecular formula is C13H24N4O2. The van der Waals surface area contributed by atoms with Gasteiger partial charge in [-0.05, 0) is 19.9 Å². The highest BCUT2D eigenvalue weighted by Gasteiger charge is 2.35. The van der Waals surface area contributed by atoms with Crippen molar-refractivity contribution in [2.45, 2.75) is 38.2 Å². The van der Waals surface area contributed by atoms with E-state index in [0.717, 1.165) is 25.9 Å². The van der Waals surface area contributed by atoms with Gasteiger partial charge in [0.05, 0.1) is 12.0 Å². The largest absolute Gasteiger partial charge is 0.367 e. The van der Waals surface area contributed by atoms with Crippen LogP contribution in [0.3, 0.4) is 0 Å². The van der Waals surface area contributed by atoms with Crippen LogP contribution in [0.25, 0.3) is 0 Å². The van der Waals surface area contributed by atoms with Gasteiger partial charge in [-0.1, -0.05) is 19.0 Å². The first-order chi connectivity index (χ1) is 9.15. The van der Waals surface area contributed by atoms with Gasteiger partial charge in [-0.15, -0.1) is 0 Å². The molecule has 0 aromatic carbocycles. The highest BCUT2D eigenvalue weighted by Crippen LogP contribution is 2.30. The van der Waals surface area contributed by atoms with Crippen molar-refractivity contribution < 1.29 is 9.26 Å². The van der Waals surface area contributed by atoms with Crippen molar-refractivity contribution in [1.29, 1.82) is 0 Å². The van der Waals surface area contributed by atoms with Gasteiger partial charge in [-0.3, -0.25) is 0 Å². The second-order valence-corrected chi connectivity index (χ2v) is 5.27. The Morgan fingerprint density at radius 1 is 1.42 bits per heavy atom. The Balaban J connectivity index is 2.18. The molecule has 2 heterocycles. The van der Waals surface area contributed by atoms with Crippen molar-refractivity contribution in [2.24, 2.45) is 5.73 Å². The van der Waals surface area contributed by atoms with E-state index in [-0.39, 0.29) is 11.5 Å². The van der Waals surface area contributed by atoms with E-state index in [9.17, 15) is 0 Å². The first-order valence-corrected chi connectivity index (χ1v) is 6.99. The number of nitrogens with zero attached hydrogens (tertiary/aromatic N) is 3. The Morgan fingerprint density at radius 3 is 2.74 bits per heavy atom. The van der Waals surface area contributed by atoms with Crippen LogP contribution in [0.2, 0.25) is 0 Å². The predicted octanol–water partition coefficient (Wildman–Crippen LogP) is 1.09. The Bertz CT molecular complexity index is 395. The Hall–Kier alpha value is -0.980. The molecule has 6 heteroatoms. The lowest BCUT2D eigenvalue weighted by Gasteiger charge is -2.28. The lowest BCUT2D eigenvalue weighted by Crippen LogP contribution is -2.36. The monoisotopic (exact) mass is 268 g/mol. The molecule has 2 N–H and O–H groups in total. The summed E-state index contributed by atoms with van der Waals surface area (Å²) in [6, 6.07) is 0. The maximum absolute atomic E-state index is 5.90. The molecule has 0 aliphatic carbocycles. The van der Waals surface area contributed by atoms with Crippen LogP contribution >= 0.6 is 0 Å². The van der Waals surface area contributed by atoms with Crippen molar-refractivity contribution in [1.82, 2.24) is 15.0 Å². The SMILES string of the molecule is CCC(CC)(CN)c1nc(C2CN(C)CCO2)no1. The third-order valence-electron chi connectivity index (χ3n) is 4.20. The highest BCUT2D eigenvalue weighted by molar-refractivity contribution is 5.07. The van der Waals surface area contributed by atoms with E-state index in [2.05, 4.69) is 35.9 Å². The Kier molecular flexibility index (Phi) is 4.54. The van der Waals surface area contributed by atoms with Crippen molar-refractivity contribution in [3.8, 4) is 0 Å². The third kappa shape index (κ3) is 2.80. The summed E-state index contributed by atoms with van der Waals surface area (Å²) in [6.45, 7) is 7.17. The fraction of sp³-hybridized carbons (Fsp3) is 0.846. The first kappa shape index (κ1) is 14.4. The average molecular weight is 268 g/mol. The standard InChI is InChI=1S/C13H24N4O2/c1-4-13(5-2,9-14)12-15-11(16-19-12)10-8-17(3)6-7-18-10/h10H,4-9,14H2,1-3H3. The third-order valence-corrected chi connectivity index (χ3v) is 4.20. The van der Waals surface area contributed by atoms with E-state index in [1.807, 2.05) is 0 Å². The molecule has 1 aliphatic heterocycles. The van der Waals surface area contributed by atoms with Crippen molar-refractivity contribution in [3.05, 3.63) is 11.7 Å². The number of aromatic nitrogens is 2. The van der Waals surface area contributed by atoms with Gasteiger partial charge in [0.15, 0.2) is 0 Å². The van der Waals surface area contributed by atoms with Crippen LogP contribution in [-0.4, -0.2) is 48.3 Å². The molecule has 1 aromatic rings. The van der Waals surface area contributed by atoms with E-state index in [0.29, 0.717) is 24.9 Å². The lowest BCUT2D eigenvalue weighted by atomic mass is 9.82. The zero-order valence-electron chi connectivity index (χ0n) is 12.1. The topological polar surface area (TPSA) is 77.4 Å². The molecule has 19 heavy (non-hydrogen) atoms. The second-order valence-electron chi connectivity index (χ2n) is 5.27. The summed E-state index contributed by atoms with van der Waals surface area (Å²) in [4.78, 5) is 6.75. The molecule has 1 atom stereocenters. The minimum Gasteiger partial charge on any atom is -0.367 e. The quantitative estimate of drug-likeness (QED) is 0.861. The van der Waals surface area contributed by atoms with Crippen molar-refractivity contribution >= 4 is 0 Å². The number of likely N-dealkylation sites (N-methyl/N-ethyl adjacent to an activating group) is 1. The molecule has 1 fully saturated rings. The molecule has 1 saturated heterocycles. The summed E-state index contributed by atoms with van der Waals surface area (Å²) in [5.41, 5.74) is 5.70. The summed E-state index contributed by atoms with van der Waals surface area (Å²) >= 11 is 0. The van der Waals surface area contributed by atoms with Crippen LogP contribution in [0, 0.1) is 0 Å². The number of rotatable bonds is 5. The minimum absolute atomic E-state index is 0.0968. The van der Waals surface area contributed by atoms with Crippen LogP contribution in [0.4, 0.5) is 0 Å². The molecule has 6 nitrogen and oxygen atoms in total. The molecule has 1 aromatic heterocycles. The summed E-state index contributed by atoms with van der Waals surface area (Å²) in [6.07, 6.45) is 1.69. The summed E-state index contributed by atoms with van der Waals surface area (Å²) in [7, 11) is 2.07. The molecular weight excluding hydrogens is 244 g/mol. The fourth-order valence-electron chi connectivity index (χ4n) is 2.44. The van der Waals surface area contributed by atoms with Gasteiger partial charge in [-0.25, -0.2) is 0 Å². The molecule has 1 aliphatic rings. The number of nitrogens with two attached hydrogens (primary N) is 1. The fourth-order valence-corrected chi connectivity index (χ4v) is 2.44. The summed E-state index contributed by atoms with van der Waals surface area (Å²) < 4.78 is 11.2.